The number of hydrogen-bond acceptors (Lipinski definition) is 6. The van der Waals surface area contributed by atoms with Crippen molar-refractivity contribution in [2.24, 2.45) is 0 Å². The molecule has 0 fully saturated rings. The molecule has 5 aromatic carbocycles. The summed E-state index contributed by atoms with van der Waals surface area (Å²) in [5.41, 5.74) is 6.36. The van der Waals surface area contributed by atoms with Crippen LogP contribution in [0, 0.1) is 0 Å². The van der Waals surface area contributed by atoms with Gasteiger partial charge in [0.05, 0.1) is 5.56 Å². The van der Waals surface area contributed by atoms with Crippen LogP contribution >= 0.6 is 0 Å². The average molecular weight is 629 g/mol. The lowest BCUT2D eigenvalue weighted by atomic mass is 9.81. The number of carboxylic acids is 1. The molecule has 47 heavy (non-hydrogen) atoms. The van der Waals surface area contributed by atoms with Crippen molar-refractivity contribution >= 4 is 18.9 Å². The van der Waals surface area contributed by atoms with Gasteiger partial charge in [-0.1, -0.05) is 112 Å². The minimum absolute atomic E-state index is 0.202. The van der Waals surface area contributed by atoms with Gasteiger partial charge >= 0.3 is 5.97 Å². The van der Waals surface area contributed by atoms with Gasteiger partial charge < -0.3 is 19.3 Å². The van der Waals surface area contributed by atoms with Crippen LogP contribution in [-0.4, -0.2) is 24.0 Å². The van der Waals surface area contributed by atoms with E-state index in [1.807, 2.05) is 109 Å². The number of benzene rings is 5. The predicted octanol–water partition coefficient (Wildman–Crippen LogP) is 8.45. The molecular weight excluding hydrogens is 592 g/mol. The smallest absolute Gasteiger partial charge is 0.335 e. The summed E-state index contributed by atoms with van der Waals surface area (Å²) < 4.78 is 17.6. The number of rotatable bonds is 13. The number of hydrogen-bond donors (Lipinski definition) is 1. The van der Waals surface area contributed by atoms with E-state index in [0.717, 1.165) is 33.4 Å². The molecule has 0 amide bonds. The summed E-state index contributed by atoms with van der Waals surface area (Å²) in [5.74, 6) is -0.337. The van der Waals surface area contributed by atoms with Gasteiger partial charge in [0.15, 0.2) is 12.2 Å². The maximum absolute atomic E-state index is 11.8. The SMILES string of the molecule is CC(C)(C)c1cc(C(=O)O)ccc1-c1cccc(OCc2ccc(C(OC=O)c3ccccc3)c(C(OC=O)c3ccccc3)c2)c1. The zero-order chi connectivity index (χ0) is 33.4. The van der Waals surface area contributed by atoms with Crippen molar-refractivity contribution < 1.29 is 33.7 Å². The minimum atomic E-state index is -0.967. The average Bonchev–Trinajstić information content (AvgIpc) is 3.09. The van der Waals surface area contributed by atoms with Crippen molar-refractivity contribution in [3.05, 3.63) is 160 Å². The molecule has 0 aliphatic heterocycles. The summed E-state index contributed by atoms with van der Waals surface area (Å²) in [7, 11) is 0. The van der Waals surface area contributed by atoms with Gasteiger partial charge in [0, 0.05) is 11.1 Å². The lowest BCUT2D eigenvalue weighted by Gasteiger charge is -2.25. The molecule has 0 aliphatic rings. The minimum Gasteiger partial charge on any atom is -0.489 e. The Bertz CT molecular complexity index is 1840. The lowest BCUT2D eigenvalue weighted by molar-refractivity contribution is -0.134. The topological polar surface area (TPSA) is 99.1 Å². The molecule has 0 heterocycles. The molecule has 2 unspecified atom stereocenters. The van der Waals surface area contributed by atoms with Gasteiger partial charge in [-0.15, -0.1) is 0 Å². The van der Waals surface area contributed by atoms with E-state index in [-0.39, 0.29) is 17.6 Å². The van der Waals surface area contributed by atoms with E-state index in [4.69, 9.17) is 14.2 Å². The van der Waals surface area contributed by atoms with Crippen molar-refractivity contribution in [2.75, 3.05) is 0 Å². The fraction of sp³-hybridized carbons (Fsp3) is 0.175. The third-order valence-corrected chi connectivity index (χ3v) is 7.93. The number of carbonyl (C=O) groups is 3. The van der Waals surface area contributed by atoms with E-state index in [0.29, 0.717) is 29.8 Å². The number of ether oxygens (including phenoxy) is 3. The molecular formula is C40H36O7. The summed E-state index contributed by atoms with van der Waals surface area (Å²) >= 11 is 0. The van der Waals surface area contributed by atoms with Gasteiger partial charge in [-0.25, -0.2) is 4.79 Å². The molecule has 7 nitrogen and oxygen atoms in total. The van der Waals surface area contributed by atoms with Crippen LogP contribution in [0.5, 0.6) is 5.75 Å². The molecule has 0 aromatic heterocycles. The van der Waals surface area contributed by atoms with E-state index in [2.05, 4.69) is 20.8 Å². The van der Waals surface area contributed by atoms with Gasteiger partial charge in [0.25, 0.3) is 12.9 Å². The Morgan fingerprint density at radius 3 is 1.89 bits per heavy atom. The van der Waals surface area contributed by atoms with E-state index in [1.54, 1.807) is 12.1 Å². The largest absolute Gasteiger partial charge is 0.489 e. The molecule has 7 heteroatoms. The molecule has 238 valence electrons. The number of carbonyl (C=O) groups excluding carboxylic acids is 2. The third kappa shape index (κ3) is 7.76. The molecule has 0 radical (unpaired) electrons. The van der Waals surface area contributed by atoms with Gasteiger partial charge in [-0.2, -0.15) is 0 Å². The molecule has 5 aromatic rings. The van der Waals surface area contributed by atoms with E-state index in [9.17, 15) is 19.5 Å². The monoisotopic (exact) mass is 628 g/mol. The van der Waals surface area contributed by atoms with Gasteiger partial charge in [-0.05, 0) is 69.1 Å². The molecule has 2 atom stereocenters. The van der Waals surface area contributed by atoms with Crippen molar-refractivity contribution in [2.45, 2.75) is 45.0 Å². The fourth-order valence-electron chi connectivity index (χ4n) is 5.68. The van der Waals surface area contributed by atoms with Crippen molar-refractivity contribution in [3.8, 4) is 16.9 Å². The Hall–Kier alpha value is -5.69. The Morgan fingerprint density at radius 2 is 1.32 bits per heavy atom. The van der Waals surface area contributed by atoms with E-state index >= 15 is 0 Å². The molecule has 0 saturated carbocycles. The van der Waals surface area contributed by atoms with Crippen LogP contribution in [-0.2, 0) is 31.1 Å². The first kappa shape index (κ1) is 32.7. The molecule has 0 bridgehead atoms. The molecule has 0 aliphatic carbocycles. The summed E-state index contributed by atoms with van der Waals surface area (Å²) in [4.78, 5) is 35.1. The maximum atomic E-state index is 11.8. The highest BCUT2D eigenvalue weighted by Gasteiger charge is 2.26. The lowest BCUT2D eigenvalue weighted by Crippen LogP contribution is -2.14. The van der Waals surface area contributed by atoms with Gasteiger partial charge in [-0.3, -0.25) is 9.59 Å². The Kier molecular flexibility index (Phi) is 10.2. The normalized spacial score (nSPS) is 12.4. The van der Waals surface area contributed by atoms with Crippen molar-refractivity contribution in [3.63, 3.8) is 0 Å². The summed E-state index contributed by atoms with van der Waals surface area (Å²) in [6, 6.07) is 37.3. The van der Waals surface area contributed by atoms with Crippen molar-refractivity contribution in [1.29, 1.82) is 0 Å². The Morgan fingerprint density at radius 1 is 0.702 bits per heavy atom. The highest BCUT2D eigenvalue weighted by Crippen LogP contribution is 2.38. The Balaban J connectivity index is 1.51. The Labute approximate surface area is 274 Å². The summed E-state index contributed by atoms with van der Waals surface area (Å²) in [5, 5.41) is 9.57. The third-order valence-electron chi connectivity index (χ3n) is 7.93. The second-order valence-corrected chi connectivity index (χ2v) is 12.1. The molecule has 0 saturated heterocycles. The zero-order valence-electron chi connectivity index (χ0n) is 26.5. The second kappa shape index (κ2) is 14.6. The van der Waals surface area contributed by atoms with Crippen LogP contribution in [0.4, 0.5) is 0 Å². The van der Waals surface area contributed by atoms with Crippen LogP contribution in [0.15, 0.2) is 121 Å². The molecule has 1 N–H and O–H groups in total. The van der Waals surface area contributed by atoms with Crippen LogP contribution in [0.25, 0.3) is 11.1 Å². The van der Waals surface area contributed by atoms with E-state index in [1.165, 1.54) is 0 Å². The summed E-state index contributed by atoms with van der Waals surface area (Å²) in [6.45, 7) is 7.20. The zero-order valence-corrected chi connectivity index (χ0v) is 26.5. The first-order chi connectivity index (χ1) is 22.7. The predicted molar refractivity (Wildman–Crippen MR) is 179 cm³/mol. The van der Waals surface area contributed by atoms with Crippen LogP contribution in [0.3, 0.4) is 0 Å². The van der Waals surface area contributed by atoms with Crippen LogP contribution in [0.2, 0.25) is 0 Å². The highest BCUT2D eigenvalue weighted by atomic mass is 16.5. The van der Waals surface area contributed by atoms with Crippen molar-refractivity contribution in [1.82, 2.24) is 0 Å². The second-order valence-electron chi connectivity index (χ2n) is 12.1. The first-order valence-electron chi connectivity index (χ1n) is 15.2. The highest BCUT2D eigenvalue weighted by molar-refractivity contribution is 5.89. The standard InChI is InChI=1S/C40H36O7/c1-40(2,3)36-23-31(39(43)44)18-20-33(36)30-15-10-16-32(22-30)45-24-27-17-19-34(37(46-25-41)28-11-6-4-7-12-28)35(21-27)38(47-26-42)29-13-8-5-9-14-29/h4-23,25-26,37-38H,24H2,1-3H3,(H,43,44). The number of carboxylic acid groups (broad SMARTS) is 1. The quantitative estimate of drug-likeness (QED) is 0.131. The van der Waals surface area contributed by atoms with Gasteiger partial charge in [0.2, 0.25) is 0 Å². The maximum Gasteiger partial charge on any atom is 0.335 e. The first-order valence-corrected chi connectivity index (χ1v) is 15.2. The van der Waals surface area contributed by atoms with Gasteiger partial charge in [0.1, 0.15) is 12.4 Å². The van der Waals surface area contributed by atoms with Crippen LogP contribution in [0.1, 0.15) is 76.7 Å². The number of aromatic carboxylic acids is 1. The molecule has 5 rings (SSSR count). The molecule has 0 spiro atoms. The fourth-order valence-corrected chi connectivity index (χ4v) is 5.68. The van der Waals surface area contributed by atoms with Crippen LogP contribution < -0.4 is 4.74 Å². The van der Waals surface area contributed by atoms with E-state index < -0.39 is 18.2 Å². The summed E-state index contributed by atoms with van der Waals surface area (Å²) in [6.07, 6.45) is -1.50.